The molecule has 5 nitrogen and oxygen atoms in total. The Balaban J connectivity index is 1.66. The Morgan fingerprint density at radius 3 is 2.95 bits per heavy atom. The second-order valence-corrected chi connectivity index (χ2v) is 5.78. The molecule has 22 heavy (non-hydrogen) atoms. The number of nitrogens with zero attached hydrogens (tertiary/aromatic N) is 2. The van der Waals surface area contributed by atoms with E-state index in [1.807, 2.05) is 19.1 Å². The monoisotopic (exact) mass is 299 g/mol. The van der Waals surface area contributed by atoms with Crippen molar-refractivity contribution in [3.63, 3.8) is 0 Å². The molecule has 2 aromatic rings. The summed E-state index contributed by atoms with van der Waals surface area (Å²) in [7, 11) is 2.07. The number of furan rings is 1. The molecule has 0 aliphatic carbocycles. The minimum absolute atomic E-state index is 0.0353. The zero-order valence-corrected chi connectivity index (χ0v) is 13.1. The first kappa shape index (κ1) is 14.8. The van der Waals surface area contributed by atoms with Gasteiger partial charge in [0.05, 0.1) is 5.56 Å². The van der Waals surface area contributed by atoms with Crippen molar-refractivity contribution in [2.75, 3.05) is 20.1 Å². The van der Waals surface area contributed by atoms with E-state index in [1.54, 1.807) is 12.4 Å². The van der Waals surface area contributed by atoms with E-state index in [2.05, 4.69) is 22.2 Å². The number of hydrogen-bond acceptors (Lipinski definition) is 4. The molecular formula is C17H21N3O2. The minimum atomic E-state index is -0.0353. The number of rotatable bonds is 4. The highest BCUT2D eigenvalue weighted by Crippen LogP contribution is 2.27. The number of likely N-dealkylation sites (N-methyl/N-ethyl adjacent to an activating group) is 1. The highest BCUT2D eigenvalue weighted by molar-refractivity contribution is 5.97. The Labute approximate surface area is 130 Å². The molecule has 0 radical (unpaired) electrons. The van der Waals surface area contributed by atoms with Gasteiger partial charge in [0.25, 0.3) is 5.91 Å². The van der Waals surface area contributed by atoms with Crippen LogP contribution in [0.5, 0.6) is 0 Å². The Hall–Kier alpha value is -2.14. The Bertz CT molecular complexity index is 664. The topological polar surface area (TPSA) is 58.4 Å². The lowest BCUT2D eigenvalue weighted by atomic mass is 10.0. The number of pyridine rings is 1. The second-order valence-electron chi connectivity index (χ2n) is 5.78. The van der Waals surface area contributed by atoms with E-state index in [-0.39, 0.29) is 5.91 Å². The molecule has 0 unspecified atom stereocenters. The maximum absolute atomic E-state index is 12.5. The molecule has 1 amide bonds. The van der Waals surface area contributed by atoms with Gasteiger partial charge in [0.2, 0.25) is 0 Å². The standard InChI is InChI=1S/C17H21N3O2/c1-12-16(14-11-20(2)10-6-15(14)22-12)17(21)19-9-5-13-3-7-18-8-4-13/h3-4,7-8H,5-6,9-11H2,1-2H3,(H,19,21). The molecule has 1 N–H and O–H groups in total. The first-order valence-corrected chi connectivity index (χ1v) is 7.62. The molecule has 3 rings (SSSR count). The Kier molecular flexibility index (Phi) is 4.24. The van der Waals surface area contributed by atoms with Crippen LogP contribution in [0.15, 0.2) is 28.9 Å². The van der Waals surface area contributed by atoms with Crippen LogP contribution >= 0.6 is 0 Å². The Morgan fingerprint density at radius 2 is 2.18 bits per heavy atom. The number of aromatic nitrogens is 1. The number of carbonyl (C=O) groups excluding carboxylic acids is 1. The average Bonchev–Trinajstić information content (AvgIpc) is 2.83. The van der Waals surface area contributed by atoms with Crippen molar-refractivity contribution < 1.29 is 9.21 Å². The van der Waals surface area contributed by atoms with Crippen LogP contribution in [0.1, 0.15) is 33.0 Å². The molecule has 0 fully saturated rings. The van der Waals surface area contributed by atoms with Crippen LogP contribution in [-0.4, -0.2) is 35.9 Å². The largest absolute Gasteiger partial charge is 0.465 e. The molecule has 3 heterocycles. The van der Waals surface area contributed by atoms with Gasteiger partial charge < -0.3 is 14.6 Å². The van der Waals surface area contributed by atoms with Crippen LogP contribution in [-0.2, 0) is 19.4 Å². The molecule has 5 heteroatoms. The van der Waals surface area contributed by atoms with Crippen molar-refractivity contribution in [3.8, 4) is 0 Å². The van der Waals surface area contributed by atoms with Gasteiger partial charge in [0, 0.05) is 44.0 Å². The lowest BCUT2D eigenvalue weighted by Crippen LogP contribution is -2.30. The van der Waals surface area contributed by atoms with Gasteiger partial charge in [-0.3, -0.25) is 9.78 Å². The Morgan fingerprint density at radius 1 is 1.41 bits per heavy atom. The second kappa shape index (κ2) is 6.32. The number of amides is 1. The molecule has 116 valence electrons. The zero-order chi connectivity index (χ0) is 15.5. The average molecular weight is 299 g/mol. The fourth-order valence-electron chi connectivity index (χ4n) is 2.92. The number of nitrogens with one attached hydrogen (secondary N) is 1. The maximum atomic E-state index is 12.5. The third-order valence-corrected chi connectivity index (χ3v) is 4.09. The SMILES string of the molecule is Cc1oc2c(c1C(=O)NCCc1ccncc1)CN(C)CC2. The zero-order valence-electron chi connectivity index (χ0n) is 13.1. The van der Waals surface area contributed by atoms with Crippen molar-refractivity contribution in [1.29, 1.82) is 0 Å². The lowest BCUT2D eigenvalue weighted by Gasteiger charge is -2.21. The molecule has 0 saturated heterocycles. The van der Waals surface area contributed by atoms with Gasteiger partial charge in [-0.2, -0.15) is 0 Å². The van der Waals surface area contributed by atoms with E-state index in [0.29, 0.717) is 6.54 Å². The summed E-state index contributed by atoms with van der Waals surface area (Å²) in [6.45, 7) is 4.23. The van der Waals surface area contributed by atoms with E-state index in [4.69, 9.17) is 4.42 Å². The predicted molar refractivity (Wildman–Crippen MR) is 83.8 cm³/mol. The fraction of sp³-hybridized carbons (Fsp3) is 0.412. The van der Waals surface area contributed by atoms with Gasteiger partial charge in [-0.15, -0.1) is 0 Å². The number of hydrogen-bond donors (Lipinski definition) is 1. The molecular weight excluding hydrogens is 278 g/mol. The lowest BCUT2D eigenvalue weighted by molar-refractivity contribution is 0.0951. The smallest absolute Gasteiger partial charge is 0.255 e. The highest BCUT2D eigenvalue weighted by Gasteiger charge is 2.26. The van der Waals surface area contributed by atoms with Crippen molar-refractivity contribution >= 4 is 5.91 Å². The predicted octanol–water partition coefficient (Wildman–Crippen LogP) is 1.94. The van der Waals surface area contributed by atoms with E-state index < -0.39 is 0 Å². The maximum Gasteiger partial charge on any atom is 0.255 e. The first-order valence-electron chi connectivity index (χ1n) is 7.62. The van der Waals surface area contributed by atoms with Gasteiger partial charge in [-0.25, -0.2) is 0 Å². The quantitative estimate of drug-likeness (QED) is 0.937. The van der Waals surface area contributed by atoms with E-state index >= 15 is 0 Å². The number of fused-ring (bicyclic) bond motifs is 1. The van der Waals surface area contributed by atoms with Gasteiger partial charge in [0.1, 0.15) is 11.5 Å². The van der Waals surface area contributed by atoms with E-state index in [1.165, 1.54) is 5.56 Å². The summed E-state index contributed by atoms with van der Waals surface area (Å²) in [4.78, 5) is 18.7. The van der Waals surface area contributed by atoms with Crippen molar-refractivity contribution in [1.82, 2.24) is 15.2 Å². The summed E-state index contributed by atoms with van der Waals surface area (Å²) in [6, 6.07) is 3.93. The van der Waals surface area contributed by atoms with Crippen molar-refractivity contribution in [3.05, 3.63) is 52.7 Å². The summed E-state index contributed by atoms with van der Waals surface area (Å²) < 4.78 is 5.78. The summed E-state index contributed by atoms with van der Waals surface area (Å²) in [5.74, 6) is 1.66. The summed E-state index contributed by atoms with van der Waals surface area (Å²) >= 11 is 0. The first-order chi connectivity index (χ1) is 10.6. The molecule has 0 atom stereocenters. The van der Waals surface area contributed by atoms with Crippen LogP contribution < -0.4 is 5.32 Å². The van der Waals surface area contributed by atoms with Crippen LogP contribution in [0, 0.1) is 6.92 Å². The molecule has 1 aliphatic heterocycles. The molecule has 0 aromatic carbocycles. The molecule has 1 aliphatic rings. The number of carbonyl (C=O) groups is 1. The summed E-state index contributed by atoms with van der Waals surface area (Å²) in [6.07, 6.45) is 5.21. The van der Waals surface area contributed by atoms with Crippen molar-refractivity contribution in [2.24, 2.45) is 0 Å². The van der Waals surface area contributed by atoms with Crippen LogP contribution in [0.2, 0.25) is 0 Å². The van der Waals surface area contributed by atoms with Gasteiger partial charge >= 0.3 is 0 Å². The van der Waals surface area contributed by atoms with E-state index in [0.717, 1.165) is 48.6 Å². The molecule has 0 spiro atoms. The van der Waals surface area contributed by atoms with E-state index in [9.17, 15) is 4.79 Å². The number of aryl methyl sites for hydroxylation is 1. The molecule has 0 saturated carbocycles. The van der Waals surface area contributed by atoms with Crippen LogP contribution in [0.25, 0.3) is 0 Å². The minimum Gasteiger partial charge on any atom is -0.465 e. The summed E-state index contributed by atoms with van der Waals surface area (Å²) in [5, 5.41) is 3.00. The van der Waals surface area contributed by atoms with Gasteiger partial charge in [-0.1, -0.05) is 0 Å². The third-order valence-electron chi connectivity index (χ3n) is 4.09. The normalized spacial score (nSPS) is 14.6. The highest BCUT2D eigenvalue weighted by atomic mass is 16.3. The van der Waals surface area contributed by atoms with Crippen molar-refractivity contribution in [2.45, 2.75) is 26.3 Å². The third kappa shape index (κ3) is 3.04. The fourth-order valence-corrected chi connectivity index (χ4v) is 2.92. The van der Waals surface area contributed by atoms with Crippen LogP contribution in [0.3, 0.4) is 0 Å². The van der Waals surface area contributed by atoms with Gasteiger partial charge in [-0.05, 0) is 38.1 Å². The summed E-state index contributed by atoms with van der Waals surface area (Å²) in [5.41, 5.74) is 2.94. The molecule has 2 aromatic heterocycles. The van der Waals surface area contributed by atoms with Gasteiger partial charge in [0.15, 0.2) is 0 Å². The molecule has 0 bridgehead atoms. The van der Waals surface area contributed by atoms with Crippen LogP contribution in [0.4, 0.5) is 0 Å².